The van der Waals surface area contributed by atoms with Crippen LogP contribution in [0.1, 0.15) is 38.8 Å². The molecule has 1 aromatic carbocycles. The summed E-state index contributed by atoms with van der Waals surface area (Å²) in [4.78, 5) is 13.3. The Balaban J connectivity index is 2.17. The molecule has 1 atom stereocenters. The minimum absolute atomic E-state index is 0.129. The summed E-state index contributed by atoms with van der Waals surface area (Å²) in [7, 11) is 0. The Morgan fingerprint density at radius 2 is 2.06 bits per heavy atom. The van der Waals surface area contributed by atoms with Crippen molar-refractivity contribution < 1.29 is 4.79 Å². The van der Waals surface area contributed by atoms with Crippen LogP contribution in [0.5, 0.6) is 0 Å². The van der Waals surface area contributed by atoms with E-state index in [-0.39, 0.29) is 17.4 Å². The van der Waals surface area contributed by atoms with E-state index < -0.39 is 0 Å². The van der Waals surface area contributed by atoms with Crippen LogP contribution >= 0.6 is 11.8 Å². The van der Waals surface area contributed by atoms with E-state index in [1.165, 1.54) is 10.5 Å². The second-order valence-corrected chi connectivity index (χ2v) is 6.59. The molecule has 0 aromatic heterocycles. The zero-order valence-electron chi connectivity index (χ0n) is 10.6. The van der Waals surface area contributed by atoms with Crippen LogP contribution in [0.25, 0.3) is 0 Å². The van der Waals surface area contributed by atoms with Crippen LogP contribution in [-0.4, -0.2) is 11.7 Å². The molecule has 0 radical (unpaired) electrons. The van der Waals surface area contributed by atoms with E-state index in [0.29, 0.717) is 0 Å². The molecule has 0 saturated heterocycles. The van der Waals surface area contributed by atoms with Crippen molar-refractivity contribution in [1.82, 2.24) is 5.32 Å². The lowest BCUT2D eigenvalue weighted by Gasteiger charge is -2.28. The zero-order chi connectivity index (χ0) is 12.5. The molecule has 0 fully saturated rings. The van der Waals surface area contributed by atoms with Gasteiger partial charge in [0.05, 0.1) is 6.04 Å². The molecule has 1 unspecified atom stereocenters. The molecular formula is C14H19NOS. The van der Waals surface area contributed by atoms with Gasteiger partial charge in [-0.15, -0.1) is 11.8 Å². The van der Waals surface area contributed by atoms with E-state index in [2.05, 4.69) is 23.5 Å². The Labute approximate surface area is 107 Å². The number of rotatable bonds is 1. The SMILES string of the molecule is CC(C)(C)C(=O)NC1CCSc2ccccc21. The molecule has 0 saturated carbocycles. The van der Waals surface area contributed by atoms with Gasteiger partial charge in [0.1, 0.15) is 0 Å². The highest BCUT2D eigenvalue weighted by molar-refractivity contribution is 7.99. The largest absolute Gasteiger partial charge is 0.349 e. The van der Waals surface area contributed by atoms with Gasteiger partial charge in [0, 0.05) is 16.1 Å². The average Bonchev–Trinajstić information content (AvgIpc) is 2.28. The third-order valence-electron chi connectivity index (χ3n) is 2.95. The number of thioether (sulfide) groups is 1. The van der Waals surface area contributed by atoms with Gasteiger partial charge in [-0.25, -0.2) is 0 Å². The van der Waals surface area contributed by atoms with Crippen LogP contribution < -0.4 is 5.32 Å². The van der Waals surface area contributed by atoms with Crippen molar-refractivity contribution in [2.24, 2.45) is 5.41 Å². The first-order chi connectivity index (χ1) is 7.98. The molecular weight excluding hydrogens is 230 g/mol. The fraction of sp³-hybridized carbons (Fsp3) is 0.500. The summed E-state index contributed by atoms with van der Waals surface area (Å²) >= 11 is 1.88. The van der Waals surface area contributed by atoms with E-state index in [0.717, 1.165) is 12.2 Å². The summed E-state index contributed by atoms with van der Waals surface area (Å²) in [5.74, 6) is 1.20. The van der Waals surface area contributed by atoms with Gasteiger partial charge in [0.2, 0.25) is 5.91 Å². The van der Waals surface area contributed by atoms with Crippen LogP contribution in [0.4, 0.5) is 0 Å². The second-order valence-electron chi connectivity index (χ2n) is 5.45. The van der Waals surface area contributed by atoms with Crippen molar-refractivity contribution in [3.63, 3.8) is 0 Å². The van der Waals surface area contributed by atoms with E-state index in [1.54, 1.807) is 0 Å². The van der Waals surface area contributed by atoms with E-state index in [4.69, 9.17) is 0 Å². The van der Waals surface area contributed by atoms with E-state index in [1.807, 2.05) is 38.6 Å². The average molecular weight is 249 g/mol. The van der Waals surface area contributed by atoms with Crippen molar-refractivity contribution in [3.8, 4) is 0 Å². The van der Waals surface area contributed by atoms with Gasteiger partial charge in [-0.3, -0.25) is 4.79 Å². The summed E-state index contributed by atoms with van der Waals surface area (Å²) in [5.41, 5.74) is 0.945. The minimum Gasteiger partial charge on any atom is -0.349 e. The Morgan fingerprint density at radius 1 is 1.35 bits per heavy atom. The first-order valence-corrected chi connectivity index (χ1v) is 7.00. The van der Waals surface area contributed by atoms with Crippen molar-refractivity contribution in [2.45, 2.75) is 38.1 Å². The van der Waals surface area contributed by atoms with Gasteiger partial charge < -0.3 is 5.32 Å². The molecule has 0 aliphatic carbocycles. The van der Waals surface area contributed by atoms with Gasteiger partial charge in [-0.1, -0.05) is 39.0 Å². The highest BCUT2D eigenvalue weighted by atomic mass is 32.2. The fourth-order valence-electron chi connectivity index (χ4n) is 1.87. The van der Waals surface area contributed by atoms with Crippen molar-refractivity contribution in [2.75, 3.05) is 5.75 Å². The predicted octanol–water partition coefficient (Wildman–Crippen LogP) is 3.39. The maximum atomic E-state index is 12.0. The molecule has 92 valence electrons. The Kier molecular flexibility index (Phi) is 3.48. The van der Waals surface area contributed by atoms with Crippen LogP contribution in [0.15, 0.2) is 29.2 Å². The van der Waals surface area contributed by atoms with E-state index in [9.17, 15) is 4.79 Å². The van der Waals surface area contributed by atoms with E-state index >= 15 is 0 Å². The third kappa shape index (κ3) is 2.83. The summed E-state index contributed by atoms with van der Waals surface area (Å²) in [6.07, 6.45) is 1.02. The second kappa shape index (κ2) is 4.73. The molecule has 1 aliphatic heterocycles. The maximum Gasteiger partial charge on any atom is 0.225 e. The van der Waals surface area contributed by atoms with Crippen LogP contribution in [0, 0.1) is 5.41 Å². The molecule has 1 aromatic rings. The monoisotopic (exact) mass is 249 g/mol. The van der Waals surface area contributed by atoms with Gasteiger partial charge in [-0.05, 0) is 18.1 Å². The standard InChI is InChI=1S/C14H19NOS/c1-14(2,3)13(16)15-11-8-9-17-12-7-5-4-6-10(11)12/h4-7,11H,8-9H2,1-3H3,(H,15,16). The molecule has 0 bridgehead atoms. The van der Waals surface area contributed by atoms with Gasteiger partial charge >= 0.3 is 0 Å². The zero-order valence-corrected chi connectivity index (χ0v) is 11.4. The fourth-order valence-corrected chi connectivity index (χ4v) is 2.99. The molecule has 0 spiro atoms. The lowest BCUT2D eigenvalue weighted by Crippen LogP contribution is -2.38. The first kappa shape index (κ1) is 12.5. The molecule has 1 heterocycles. The molecule has 3 heteroatoms. The minimum atomic E-state index is -0.320. The number of nitrogens with one attached hydrogen (secondary N) is 1. The number of benzene rings is 1. The predicted molar refractivity (Wildman–Crippen MR) is 72.1 cm³/mol. The first-order valence-electron chi connectivity index (χ1n) is 6.01. The molecule has 1 amide bonds. The Morgan fingerprint density at radius 3 is 2.76 bits per heavy atom. The lowest BCUT2D eigenvalue weighted by molar-refractivity contribution is -0.129. The summed E-state index contributed by atoms with van der Waals surface area (Å²) in [5, 5.41) is 3.16. The molecule has 2 nitrogen and oxygen atoms in total. The van der Waals surface area contributed by atoms with Crippen molar-refractivity contribution in [1.29, 1.82) is 0 Å². The summed E-state index contributed by atoms with van der Waals surface area (Å²) < 4.78 is 0. The summed E-state index contributed by atoms with van der Waals surface area (Å²) in [6, 6.07) is 8.53. The number of hydrogen-bond acceptors (Lipinski definition) is 2. The van der Waals surface area contributed by atoms with Gasteiger partial charge in [0.25, 0.3) is 0 Å². The molecule has 2 rings (SSSR count). The number of fused-ring (bicyclic) bond motifs is 1. The molecule has 1 aliphatic rings. The molecule has 1 N–H and O–H groups in total. The number of amides is 1. The van der Waals surface area contributed by atoms with Gasteiger partial charge in [-0.2, -0.15) is 0 Å². The highest BCUT2D eigenvalue weighted by Gasteiger charge is 2.27. The number of hydrogen-bond donors (Lipinski definition) is 1. The summed E-state index contributed by atoms with van der Waals surface area (Å²) in [6.45, 7) is 5.85. The quantitative estimate of drug-likeness (QED) is 0.826. The van der Waals surface area contributed by atoms with Crippen molar-refractivity contribution >= 4 is 17.7 Å². The topological polar surface area (TPSA) is 29.1 Å². The number of carbonyl (C=O) groups excluding carboxylic acids is 1. The van der Waals surface area contributed by atoms with Crippen LogP contribution in [0.3, 0.4) is 0 Å². The number of carbonyl (C=O) groups is 1. The normalized spacial score (nSPS) is 19.6. The molecule has 17 heavy (non-hydrogen) atoms. The van der Waals surface area contributed by atoms with Gasteiger partial charge in [0.15, 0.2) is 0 Å². The van der Waals surface area contributed by atoms with Crippen molar-refractivity contribution in [3.05, 3.63) is 29.8 Å². The maximum absolute atomic E-state index is 12.0. The van der Waals surface area contributed by atoms with Crippen LogP contribution in [0.2, 0.25) is 0 Å². The smallest absolute Gasteiger partial charge is 0.225 e. The highest BCUT2D eigenvalue weighted by Crippen LogP contribution is 2.36. The third-order valence-corrected chi connectivity index (χ3v) is 4.07. The Bertz CT molecular complexity index is 422. The Hall–Kier alpha value is -0.960. The lowest BCUT2D eigenvalue weighted by atomic mass is 9.94. The van der Waals surface area contributed by atoms with Crippen LogP contribution in [-0.2, 0) is 4.79 Å².